The molecule has 6 nitrogen and oxygen atoms in total. The van der Waals surface area contributed by atoms with Crippen LogP contribution in [0, 0.1) is 13.8 Å². The standard InChI is InChI=1S/C20H20Cl2N4O2/c1-11-8-14(6-7-23-11)15-10-25-26(19(15)20(27)28)12(2)9-24-17-5-4-16(21)18(22)13(17)3/h4-8,10,12,24H,9H2,1-3H3,(H,27,28). The molecule has 0 radical (unpaired) electrons. The molecular formula is C20H20Cl2N4O2. The van der Waals surface area contributed by atoms with Gasteiger partial charge in [-0.1, -0.05) is 23.2 Å². The van der Waals surface area contributed by atoms with Gasteiger partial charge < -0.3 is 10.4 Å². The Morgan fingerprint density at radius 1 is 1.29 bits per heavy atom. The monoisotopic (exact) mass is 418 g/mol. The average Bonchev–Trinajstić information content (AvgIpc) is 3.11. The maximum Gasteiger partial charge on any atom is 0.354 e. The third-order valence-corrected chi connectivity index (χ3v) is 5.45. The van der Waals surface area contributed by atoms with Crippen LogP contribution < -0.4 is 5.32 Å². The zero-order chi connectivity index (χ0) is 20.4. The number of halogens is 2. The van der Waals surface area contributed by atoms with Crippen LogP contribution in [0.2, 0.25) is 10.0 Å². The zero-order valence-electron chi connectivity index (χ0n) is 15.7. The molecule has 2 N–H and O–H groups in total. The molecule has 0 saturated carbocycles. The number of hydrogen-bond acceptors (Lipinski definition) is 4. The molecule has 0 bridgehead atoms. The largest absolute Gasteiger partial charge is 0.477 e. The van der Waals surface area contributed by atoms with Crippen LogP contribution in [0.25, 0.3) is 11.1 Å². The number of pyridine rings is 1. The van der Waals surface area contributed by atoms with Crippen LogP contribution in [0.15, 0.2) is 36.7 Å². The molecule has 28 heavy (non-hydrogen) atoms. The van der Waals surface area contributed by atoms with Crippen molar-refractivity contribution in [2.24, 2.45) is 0 Å². The lowest BCUT2D eigenvalue weighted by Gasteiger charge is -2.18. The van der Waals surface area contributed by atoms with Gasteiger partial charge in [0.05, 0.1) is 22.3 Å². The van der Waals surface area contributed by atoms with Crippen LogP contribution >= 0.6 is 23.2 Å². The molecule has 146 valence electrons. The van der Waals surface area contributed by atoms with Crippen molar-refractivity contribution in [3.8, 4) is 11.1 Å². The Morgan fingerprint density at radius 2 is 2.04 bits per heavy atom. The van der Waals surface area contributed by atoms with Crippen molar-refractivity contribution in [1.82, 2.24) is 14.8 Å². The summed E-state index contributed by atoms with van der Waals surface area (Å²) in [4.78, 5) is 16.1. The summed E-state index contributed by atoms with van der Waals surface area (Å²) in [6, 6.07) is 6.99. The molecule has 3 aromatic rings. The van der Waals surface area contributed by atoms with Crippen LogP contribution in [0.4, 0.5) is 5.69 Å². The highest BCUT2D eigenvalue weighted by Crippen LogP contribution is 2.31. The molecular weight excluding hydrogens is 399 g/mol. The lowest BCUT2D eigenvalue weighted by atomic mass is 10.1. The molecule has 0 spiro atoms. The van der Waals surface area contributed by atoms with Gasteiger partial charge in [0.25, 0.3) is 0 Å². The molecule has 0 aliphatic carbocycles. The molecule has 2 heterocycles. The number of nitrogens with zero attached hydrogens (tertiary/aromatic N) is 3. The first-order valence-corrected chi connectivity index (χ1v) is 9.47. The van der Waals surface area contributed by atoms with E-state index in [2.05, 4.69) is 15.4 Å². The number of anilines is 1. The van der Waals surface area contributed by atoms with E-state index in [1.54, 1.807) is 24.5 Å². The summed E-state index contributed by atoms with van der Waals surface area (Å²) in [7, 11) is 0. The van der Waals surface area contributed by atoms with E-state index in [1.165, 1.54) is 4.68 Å². The second-order valence-electron chi connectivity index (χ2n) is 6.61. The van der Waals surface area contributed by atoms with Crippen molar-refractivity contribution in [3.63, 3.8) is 0 Å². The lowest BCUT2D eigenvalue weighted by Crippen LogP contribution is -2.21. The molecule has 1 aromatic carbocycles. The first-order chi connectivity index (χ1) is 13.3. The number of carbonyl (C=O) groups is 1. The van der Waals surface area contributed by atoms with E-state index in [0.29, 0.717) is 22.2 Å². The highest BCUT2D eigenvalue weighted by atomic mass is 35.5. The van der Waals surface area contributed by atoms with E-state index in [0.717, 1.165) is 22.5 Å². The maximum atomic E-state index is 11.9. The molecule has 1 atom stereocenters. The normalized spacial score (nSPS) is 12.0. The molecule has 8 heteroatoms. The second kappa shape index (κ2) is 8.20. The van der Waals surface area contributed by atoms with Crippen molar-refractivity contribution in [1.29, 1.82) is 0 Å². The summed E-state index contributed by atoms with van der Waals surface area (Å²) < 4.78 is 1.52. The SMILES string of the molecule is Cc1cc(-c2cnn(C(C)CNc3ccc(Cl)c(Cl)c3C)c2C(=O)O)ccn1. The number of nitrogens with one attached hydrogen (secondary N) is 1. The maximum absolute atomic E-state index is 11.9. The van der Waals surface area contributed by atoms with Gasteiger partial charge in [-0.3, -0.25) is 9.67 Å². The Labute approximate surface area is 173 Å². The Morgan fingerprint density at radius 3 is 2.71 bits per heavy atom. The summed E-state index contributed by atoms with van der Waals surface area (Å²) in [5.74, 6) is -1.03. The van der Waals surface area contributed by atoms with Crippen molar-refractivity contribution in [3.05, 3.63) is 63.7 Å². The molecule has 0 amide bonds. The molecule has 3 rings (SSSR count). The first-order valence-electron chi connectivity index (χ1n) is 8.72. The van der Waals surface area contributed by atoms with Crippen molar-refractivity contribution >= 4 is 34.9 Å². The summed E-state index contributed by atoms with van der Waals surface area (Å²) in [6.07, 6.45) is 3.24. The van der Waals surface area contributed by atoms with E-state index in [4.69, 9.17) is 23.2 Å². The second-order valence-corrected chi connectivity index (χ2v) is 7.39. The number of carboxylic acids is 1. The zero-order valence-corrected chi connectivity index (χ0v) is 17.2. The number of hydrogen-bond donors (Lipinski definition) is 2. The predicted octanol–water partition coefficient (Wildman–Crippen LogP) is 5.24. The molecule has 0 fully saturated rings. The number of carboxylic acid groups (broad SMARTS) is 1. The van der Waals surface area contributed by atoms with Crippen LogP contribution in [0.5, 0.6) is 0 Å². The molecule has 0 saturated heterocycles. The molecule has 0 aliphatic rings. The van der Waals surface area contributed by atoms with Crippen molar-refractivity contribution in [2.75, 3.05) is 11.9 Å². The van der Waals surface area contributed by atoms with Crippen molar-refractivity contribution < 1.29 is 9.90 Å². The highest BCUT2D eigenvalue weighted by Gasteiger charge is 2.22. The third kappa shape index (κ3) is 3.98. The molecule has 0 aliphatic heterocycles. The number of rotatable bonds is 6. The van der Waals surface area contributed by atoms with Crippen LogP contribution in [-0.2, 0) is 0 Å². The van der Waals surface area contributed by atoms with Gasteiger partial charge >= 0.3 is 5.97 Å². The van der Waals surface area contributed by atoms with Crippen molar-refractivity contribution in [2.45, 2.75) is 26.8 Å². The van der Waals surface area contributed by atoms with Crippen LogP contribution in [-0.4, -0.2) is 32.4 Å². The smallest absolute Gasteiger partial charge is 0.354 e. The fraction of sp³-hybridized carbons (Fsp3) is 0.250. The van der Waals surface area contributed by atoms with Crippen LogP contribution in [0.3, 0.4) is 0 Å². The highest BCUT2D eigenvalue weighted by molar-refractivity contribution is 6.42. The fourth-order valence-electron chi connectivity index (χ4n) is 3.02. The van der Waals surface area contributed by atoms with Gasteiger partial charge in [0.1, 0.15) is 0 Å². The Hall–Kier alpha value is -2.57. The van der Waals surface area contributed by atoms with E-state index in [9.17, 15) is 9.90 Å². The minimum atomic E-state index is -1.03. The summed E-state index contributed by atoms with van der Waals surface area (Å²) >= 11 is 12.2. The minimum Gasteiger partial charge on any atom is -0.477 e. The van der Waals surface area contributed by atoms with Gasteiger partial charge in [0.15, 0.2) is 5.69 Å². The van der Waals surface area contributed by atoms with Crippen LogP contribution in [0.1, 0.15) is 34.7 Å². The van der Waals surface area contributed by atoms with E-state index in [1.807, 2.05) is 32.9 Å². The quantitative estimate of drug-likeness (QED) is 0.571. The predicted molar refractivity (Wildman–Crippen MR) is 112 cm³/mol. The van der Waals surface area contributed by atoms with E-state index >= 15 is 0 Å². The minimum absolute atomic E-state index is 0.144. The number of aromatic carboxylic acids is 1. The van der Waals surface area contributed by atoms with Gasteiger partial charge in [-0.15, -0.1) is 0 Å². The van der Waals surface area contributed by atoms with Gasteiger partial charge in [-0.2, -0.15) is 5.10 Å². The summed E-state index contributed by atoms with van der Waals surface area (Å²) in [5, 5.41) is 18.4. The van der Waals surface area contributed by atoms with Gasteiger partial charge in [-0.25, -0.2) is 4.79 Å². The van der Waals surface area contributed by atoms with Gasteiger partial charge in [0, 0.05) is 29.7 Å². The topological polar surface area (TPSA) is 80.0 Å². The average molecular weight is 419 g/mol. The first kappa shape index (κ1) is 20.2. The molecule has 2 aromatic heterocycles. The Bertz CT molecular complexity index is 1030. The van der Waals surface area contributed by atoms with E-state index in [-0.39, 0.29) is 11.7 Å². The van der Waals surface area contributed by atoms with Gasteiger partial charge in [0.2, 0.25) is 0 Å². The Kier molecular flexibility index (Phi) is 5.91. The lowest BCUT2D eigenvalue weighted by molar-refractivity contribution is 0.0682. The number of aromatic nitrogens is 3. The number of benzene rings is 1. The molecule has 1 unspecified atom stereocenters. The van der Waals surface area contributed by atoms with Gasteiger partial charge in [-0.05, 0) is 56.2 Å². The summed E-state index contributed by atoms with van der Waals surface area (Å²) in [5.41, 5.74) is 3.98. The number of aryl methyl sites for hydroxylation is 1. The van der Waals surface area contributed by atoms with E-state index < -0.39 is 5.97 Å². The summed E-state index contributed by atoms with van der Waals surface area (Å²) in [6.45, 7) is 6.11. The fourth-order valence-corrected chi connectivity index (χ4v) is 3.39. The Balaban J connectivity index is 1.87. The third-order valence-electron chi connectivity index (χ3n) is 4.55.